The van der Waals surface area contributed by atoms with Crippen molar-refractivity contribution in [2.45, 2.75) is 38.8 Å². The highest BCUT2D eigenvalue weighted by Gasteiger charge is 2.13. The SMILES string of the molecule is CCC(C)n1ccc(CC(O)c2ccc(OC)c(Cl)c2)n1. The van der Waals surface area contributed by atoms with Crippen molar-refractivity contribution in [3.63, 3.8) is 0 Å². The average Bonchev–Trinajstić information content (AvgIpc) is 2.94. The van der Waals surface area contributed by atoms with Crippen LogP contribution in [0.4, 0.5) is 0 Å². The number of aliphatic hydroxyl groups excluding tert-OH is 1. The molecule has 0 aliphatic rings. The van der Waals surface area contributed by atoms with Crippen LogP contribution in [0.3, 0.4) is 0 Å². The van der Waals surface area contributed by atoms with Crippen molar-refractivity contribution in [3.8, 4) is 5.75 Å². The summed E-state index contributed by atoms with van der Waals surface area (Å²) in [6, 6.07) is 7.63. The number of methoxy groups -OCH3 is 1. The summed E-state index contributed by atoms with van der Waals surface area (Å²) >= 11 is 6.09. The first-order valence-electron chi connectivity index (χ1n) is 7.10. The molecule has 4 nitrogen and oxygen atoms in total. The number of nitrogens with zero attached hydrogens (tertiary/aromatic N) is 2. The lowest BCUT2D eigenvalue weighted by Gasteiger charge is -2.12. The summed E-state index contributed by atoms with van der Waals surface area (Å²) in [4.78, 5) is 0. The average molecular weight is 309 g/mol. The van der Waals surface area contributed by atoms with Crippen LogP contribution in [0.25, 0.3) is 0 Å². The second-order valence-electron chi connectivity index (χ2n) is 5.16. The standard InChI is InChI=1S/C16H21ClN2O2/c1-4-11(2)19-8-7-13(18-19)10-15(20)12-5-6-16(21-3)14(17)9-12/h5-9,11,15,20H,4,10H2,1-3H3. The van der Waals surface area contributed by atoms with Gasteiger partial charge in [0.05, 0.1) is 23.9 Å². The second kappa shape index (κ2) is 6.96. The molecule has 0 fully saturated rings. The highest BCUT2D eigenvalue weighted by Crippen LogP contribution is 2.28. The van der Waals surface area contributed by atoms with Crippen LogP contribution in [-0.4, -0.2) is 22.0 Å². The van der Waals surface area contributed by atoms with Crippen LogP contribution in [0, 0.1) is 0 Å². The maximum atomic E-state index is 10.3. The van der Waals surface area contributed by atoms with E-state index in [0.29, 0.717) is 23.2 Å². The van der Waals surface area contributed by atoms with Gasteiger partial charge in [-0.15, -0.1) is 0 Å². The van der Waals surface area contributed by atoms with E-state index in [-0.39, 0.29) is 0 Å². The molecule has 0 spiro atoms. The predicted octanol–water partition coefficient (Wildman–Crippen LogP) is 3.79. The van der Waals surface area contributed by atoms with Gasteiger partial charge in [0.2, 0.25) is 0 Å². The zero-order chi connectivity index (χ0) is 15.4. The first kappa shape index (κ1) is 15.9. The maximum Gasteiger partial charge on any atom is 0.137 e. The van der Waals surface area contributed by atoms with E-state index in [4.69, 9.17) is 16.3 Å². The van der Waals surface area contributed by atoms with E-state index in [9.17, 15) is 5.11 Å². The molecule has 0 amide bonds. The van der Waals surface area contributed by atoms with Gasteiger partial charge in [0.25, 0.3) is 0 Å². The topological polar surface area (TPSA) is 47.3 Å². The van der Waals surface area contributed by atoms with Crippen molar-refractivity contribution in [1.29, 1.82) is 0 Å². The van der Waals surface area contributed by atoms with Gasteiger partial charge < -0.3 is 9.84 Å². The molecular weight excluding hydrogens is 288 g/mol. The van der Waals surface area contributed by atoms with Gasteiger partial charge in [-0.3, -0.25) is 4.68 Å². The summed E-state index contributed by atoms with van der Waals surface area (Å²) in [5, 5.41) is 15.3. The number of benzene rings is 1. The fraction of sp³-hybridized carbons (Fsp3) is 0.438. The molecule has 2 aromatic rings. The van der Waals surface area contributed by atoms with Gasteiger partial charge in [0.1, 0.15) is 5.75 Å². The smallest absolute Gasteiger partial charge is 0.137 e. The van der Waals surface area contributed by atoms with E-state index in [1.54, 1.807) is 19.2 Å². The lowest BCUT2D eigenvalue weighted by molar-refractivity contribution is 0.176. The first-order chi connectivity index (χ1) is 10.0. The van der Waals surface area contributed by atoms with Crippen molar-refractivity contribution < 1.29 is 9.84 Å². The lowest BCUT2D eigenvalue weighted by Crippen LogP contribution is -2.07. The van der Waals surface area contributed by atoms with E-state index >= 15 is 0 Å². The highest BCUT2D eigenvalue weighted by atomic mass is 35.5. The first-order valence-corrected chi connectivity index (χ1v) is 7.48. The number of aromatic nitrogens is 2. The van der Waals surface area contributed by atoms with Gasteiger partial charge in [0, 0.05) is 18.7 Å². The third-order valence-corrected chi connectivity index (χ3v) is 3.96. The second-order valence-corrected chi connectivity index (χ2v) is 5.57. The third kappa shape index (κ3) is 3.77. The van der Waals surface area contributed by atoms with Crippen LogP contribution < -0.4 is 4.74 Å². The molecule has 2 rings (SSSR count). The number of ether oxygens (including phenoxy) is 1. The Bertz CT molecular complexity index is 598. The normalized spacial score (nSPS) is 14.0. The lowest BCUT2D eigenvalue weighted by atomic mass is 10.0. The van der Waals surface area contributed by atoms with Crippen LogP contribution >= 0.6 is 11.6 Å². The Morgan fingerprint density at radius 3 is 2.76 bits per heavy atom. The minimum Gasteiger partial charge on any atom is -0.495 e. The van der Waals surface area contributed by atoms with Crippen LogP contribution in [0.2, 0.25) is 5.02 Å². The predicted molar refractivity (Wildman–Crippen MR) is 83.9 cm³/mol. The molecule has 1 aromatic heterocycles. The van der Waals surface area contributed by atoms with Crippen molar-refractivity contribution in [3.05, 3.63) is 46.7 Å². The van der Waals surface area contributed by atoms with Crippen molar-refractivity contribution in [2.75, 3.05) is 7.11 Å². The molecule has 0 saturated heterocycles. The van der Waals surface area contributed by atoms with E-state index < -0.39 is 6.10 Å². The fourth-order valence-corrected chi connectivity index (χ4v) is 2.39. The van der Waals surface area contributed by atoms with Gasteiger partial charge in [-0.25, -0.2) is 0 Å². The molecule has 0 aliphatic heterocycles. The molecule has 1 N–H and O–H groups in total. The Balaban J connectivity index is 2.08. The molecule has 0 radical (unpaired) electrons. The zero-order valence-corrected chi connectivity index (χ0v) is 13.3. The Morgan fingerprint density at radius 1 is 1.38 bits per heavy atom. The van der Waals surface area contributed by atoms with E-state index in [0.717, 1.165) is 17.7 Å². The number of rotatable bonds is 6. The molecule has 2 atom stereocenters. The molecule has 5 heteroatoms. The Labute approximate surface area is 130 Å². The summed E-state index contributed by atoms with van der Waals surface area (Å²) in [5.74, 6) is 0.605. The Hall–Kier alpha value is -1.52. The number of hydrogen-bond acceptors (Lipinski definition) is 3. The molecule has 114 valence electrons. The Morgan fingerprint density at radius 2 is 2.14 bits per heavy atom. The van der Waals surface area contributed by atoms with Crippen LogP contribution in [-0.2, 0) is 6.42 Å². The number of halogens is 1. The van der Waals surface area contributed by atoms with E-state index in [1.165, 1.54) is 0 Å². The van der Waals surface area contributed by atoms with Crippen LogP contribution in [0.5, 0.6) is 5.75 Å². The van der Waals surface area contributed by atoms with E-state index in [2.05, 4.69) is 18.9 Å². The third-order valence-electron chi connectivity index (χ3n) is 3.67. The van der Waals surface area contributed by atoms with Crippen LogP contribution in [0.15, 0.2) is 30.5 Å². The van der Waals surface area contributed by atoms with Crippen LogP contribution in [0.1, 0.15) is 43.7 Å². The summed E-state index contributed by atoms with van der Waals surface area (Å²) in [6.45, 7) is 4.25. The minimum absolute atomic E-state index is 0.367. The molecule has 0 saturated carbocycles. The van der Waals surface area contributed by atoms with E-state index in [1.807, 2.05) is 23.0 Å². The molecule has 1 heterocycles. The number of hydrogen-bond donors (Lipinski definition) is 1. The quantitative estimate of drug-likeness (QED) is 0.883. The summed E-state index contributed by atoms with van der Waals surface area (Å²) in [6.07, 6.45) is 2.81. The van der Waals surface area contributed by atoms with Crippen molar-refractivity contribution in [1.82, 2.24) is 9.78 Å². The van der Waals surface area contributed by atoms with Gasteiger partial charge in [0.15, 0.2) is 0 Å². The molecule has 0 aliphatic carbocycles. The molecular formula is C16H21ClN2O2. The zero-order valence-electron chi connectivity index (χ0n) is 12.6. The minimum atomic E-state index is -0.631. The summed E-state index contributed by atoms with van der Waals surface area (Å²) in [5.41, 5.74) is 1.63. The summed E-state index contributed by atoms with van der Waals surface area (Å²) in [7, 11) is 1.57. The van der Waals surface area contributed by atoms with Gasteiger partial charge in [-0.2, -0.15) is 5.10 Å². The van der Waals surface area contributed by atoms with Crippen molar-refractivity contribution in [2.24, 2.45) is 0 Å². The van der Waals surface area contributed by atoms with Gasteiger partial charge in [-0.1, -0.05) is 24.6 Å². The highest BCUT2D eigenvalue weighted by molar-refractivity contribution is 6.32. The summed E-state index contributed by atoms with van der Waals surface area (Å²) < 4.78 is 7.04. The van der Waals surface area contributed by atoms with Gasteiger partial charge >= 0.3 is 0 Å². The molecule has 21 heavy (non-hydrogen) atoms. The van der Waals surface area contributed by atoms with Gasteiger partial charge in [-0.05, 0) is 37.1 Å². The van der Waals surface area contributed by atoms with Crippen molar-refractivity contribution >= 4 is 11.6 Å². The molecule has 0 bridgehead atoms. The largest absolute Gasteiger partial charge is 0.495 e. The monoisotopic (exact) mass is 308 g/mol. The number of aliphatic hydroxyl groups is 1. The fourth-order valence-electron chi connectivity index (χ4n) is 2.12. The maximum absolute atomic E-state index is 10.3. The Kier molecular flexibility index (Phi) is 5.26. The molecule has 2 unspecified atom stereocenters. The molecule has 1 aromatic carbocycles.